The molecule has 39 heavy (non-hydrogen) atoms. The molecule has 0 radical (unpaired) electrons. The van der Waals surface area contributed by atoms with E-state index in [1.807, 2.05) is 13.8 Å². The number of nitrogens with two attached hydrogens (primary N) is 1. The average Bonchev–Trinajstić information content (AvgIpc) is 3.34. The second-order valence-electron chi connectivity index (χ2n) is 10.7. The van der Waals surface area contributed by atoms with Crippen molar-refractivity contribution in [2.45, 2.75) is 63.8 Å². The molecular formula is C29H38F2N4O4. The first-order valence-electron chi connectivity index (χ1n) is 13.7. The second-order valence-corrected chi connectivity index (χ2v) is 10.7. The SMILES string of the molecule is CCC(F)(CC)CN1CCC(COc2ccc(-c3ccc(C(=O)N4C[C@H](O)C[C@H]4C(N)=O)c(F)c3)nc2)CC1. The molecular weight excluding hydrogens is 506 g/mol. The lowest BCUT2D eigenvalue weighted by molar-refractivity contribution is -0.121. The number of nitrogens with zero attached hydrogens (tertiary/aromatic N) is 3. The van der Waals surface area contributed by atoms with Crippen LogP contribution in [-0.4, -0.2) is 82.3 Å². The molecule has 2 atom stereocenters. The van der Waals surface area contributed by atoms with Crippen molar-refractivity contribution in [2.75, 3.05) is 32.8 Å². The summed E-state index contributed by atoms with van der Waals surface area (Å²) in [6.45, 7) is 6.50. The molecule has 2 amide bonds. The molecule has 10 heteroatoms. The van der Waals surface area contributed by atoms with Crippen LogP contribution in [0, 0.1) is 11.7 Å². The molecule has 2 fully saturated rings. The smallest absolute Gasteiger partial charge is 0.257 e. The number of carbonyl (C=O) groups is 2. The Hall–Kier alpha value is -3.11. The molecule has 2 aliphatic heterocycles. The van der Waals surface area contributed by atoms with E-state index in [-0.39, 0.29) is 18.5 Å². The number of rotatable bonds is 10. The van der Waals surface area contributed by atoms with Crippen molar-refractivity contribution in [3.8, 4) is 17.0 Å². The third kappa shape index (κ3) is 6.91. The van der Waals surface area contributed by atoms with E-state index in [0.29, 0.717) is 48.9 Å². The monoisotopic (exact) mass is 544 g/mol. The number of piperidine rings is 1. The quantitative estimate of drug-likeness (QED) is 0.474. The van der Waals surface area contributed by atoms with Crippen molar-refractivity contribution in [3.63, 3.8) is 0 Å². The number of likely N-dealkylation sites (tertiary alicyclic amines) is 2. The van der Waals surface area contributed by atoms with Gasteiger partial charge in [-0.1, -0.05) is 19.9 Å². The number of benzene rings is 1. The minimum absolute atomic E-state index is 0.0377. The number of carbonyl (C=O) groups excluding carboxylic acids is 2. The van der Waals surface area contributed by atoms with Crippen LogP contribution in [0.25, 0.3) is 11.3 Å². The molecule has 0 unspecified atom stereocenters. The third-order valence-electron chi connectivity index (χ3n) is 8.07. The van der Waals surface area contributed by atoms with E-state index in [1.165, 1.54) is 12.1 Å². The lowest BCUT2D eigenvalue weighted by Crippen LogP contribution is -2.44. The van der Waals surface area contributed by atoms with Gasteiger partial charge in [0.15, 0.2) is 0 Å². The van der Waals surface area contributed by atoms with Gasteiger partial charge in [0, 0.05) is 25.1 Å². The summed E-state index contributed by atoms with van der Waals surface area (Å²) in [5.74, 6) is -1.18. The van der Waals surface area contributed by atoms with Gasteiger partial charge in [0.1, 0.15) is 23.3 Å². The van der Waals surface area contributed by atoms with Crippen LogP contribution in [-0.2, 0) is 4.79 Å². The molecule has 0 aliphatic carbocycles. The molecule has 0 spiro atoms. The molecule has 0 saturated carbocycles. The number of pyridine rings is 1. The minimum atomic E-state index is -1.11. The fraction of sp³-hybridized carbons (Fsp3) is 0.552. The number of aliphatic hydroxyl groups excluding tert-OH is 1. The number of β-amino-alcohol motifs (C(OH)–C–C–N with tert-alkyl or cyclic N) is 1. The highest BCUT2D eigenvalue weighted by Crippen LogP contribution is 2.28. The summed E-state index contributed by atoms with van der Waals surface area (Å²) in [5.41, 5.74) is 5.03. The van der Waals surface area contributed by atoms with Crippen LogP contribution in [0.2, 0.25) is 0 Å². The van der Waals surface area contributed by atoms with Gasteiger partial charge in [-0.25, -0.2) is 8.78 Å². The van der Waals surface area contributed by atoms with Gasteiger partial charge < -0.3 is 25.4 Å². The van der Waals surface area contributed by atoms with Gasteiger partial charge in [-0.2, -0.15) is 0 Å². The van der Waals surface area contributed by atoms with E-state index in [4.69, 9.17) is 10.5 Å². The maximum absolute atomic E-state index is 14.9. The van der Waals surface area contributed by atoms with E-state index in [0.717, 1.165) is 30.8 Å². The Morgan fingerprint density at radius 3 is 2.49 bits per heavy atom. The maximum atomic E-state index is 14.9. The van der Waals surface area contributed by atoms with E-state index in [9.17, 15) is 23.5 Å². The van der Waals surface area contributed by atoms with Crippen molar-refractivity contribution in [1.82, 2.24) is 14.8 Å². The van der Waals surface area contributed by atoms with Gasteiger partial charge in [-0.05, 0) is 69.0 Å². The molecule has 0 bridgehead atoms. The Bertz CT molecular complexity index is 1150. The Labute approximate surface area is 228 Å². The fourth-order valence-corrected chi connectivity index (χ4v) is 5.35. The summed E-state index contributed by atoms with van der Waals surface area (Å²) in [4.78, 5) is 32.2. The van der Waals surface area contributed by atoms with Gasteiger partial charge in [-0.15, -0.1) is 0 Å². The summed E-state index contributed by atoms with van der Waals surface area (Å²) in [6, 6.07) is 6.69. The third-order valence-corrected chi connectivity index (χ3v) is 8.07. The first-order valence-corrected chi connectivity index (χ1v) is 13.7. The number of primary amides is 1. The van der Waals surface area contributed by atoms with E-state index in [1.54, 1.807) is 24.4 Å². The number of amides is 2. The van der Waals surface area contributed by atoms with Gasteiger partial charge in [-0.3, -0.25) is 14.6 Å². The number of aromatic nitrogens is 1. The Kier molecular flexibility index (Phi) is 9.17. The van der Waals surface area contributed by atoms with Crippen LogP contribution in [0.15, 0.2) is 36.5 Å². The summed E-state index contributed by atoms with van der Waals surface area (Å²) >= 11 is 0. The number of alkyl halides is 1. The highest BCUT2D eigenvalue weighted by atomic mass is 19.1. The van der Waals surface area contributed by atoms with Gasteiger partial charge >= 0.3 is 0 Å². The Balaban J connectivity index is 1.31. The predicted octanol–water partition coefficient (Wildman–Crippen LogP) is 3.57. The first kappa shape index (κ1) is 28.9. The number of ether oxygens (including phenoxy) is 1. The summed E-state index contributed by atoms with van der Waals surface area (Å²) in [7, 11) is 0. The first-order chi connectivity index (χ1) is 18.6. The molecule has 8 nitrogen and oxygen atoms in total. The number of halogens is 2. The van der Waals surface area contributed by atoms with Crippen molar-refractivity contribution in [1.29, 1.82) is 0 Å². The van der Waals surface area contributed by atoms with Crippen molar-refractivity contribution < 1.29 is 28.2 Å². The number of hydrogen-bond donors (Lipinski definition) is 2. The predicted molar refractivity (Wildman–Crippen MR) is 143 cm³/mol. The maximum Gasteiger partial charge on any atom is 0.257 e. The van der Waals surface area contributed by atoms with E-state index >= 15 is 0 Å². The van der Waals surface area contributed by atoms with E-state index < -0.39 is 35.4 Å². The molecule has 4 rings (SSSR count). The number of aliphatic hydroxyl groups is 1. The van der Waals surface area contributed by atoms with Crippen LogP contribution in [0.5, 0.6) is 5.75 Å². The lowest BCUT2D eigenvalue weighted by atomic mass is 9.94. The Morgan fingerprint density at radius 2 is 1.90 bits per heavy atom. The summed E-state index contributed by atoms with van der Waals surface area (Å²) < 4.78 is 35.6. The zero-order valence-electron chi connectivity index (χ0n) is 22.6. The molecule has 1 aromatic carbocycles. The molecule has 2 aromatic rings. The van der Waals surface area contributed by atoms with Gasteiger partial charge in [0.2, 0.25) is 5.91 Å². The fourth-order valence-electron chi connectivity index (χ4n) is 5.35. The van der Waals surface area contributed by atoms with Crippen LogP contribution in [0.1, 0.15) is 56.3 Å². The van der Waals surface area contributed by atoms with Gasteiger partial charge in [0.25, 0.3) is 5.91 Å². The summed E-state index contributed by atoms with van der Waals surface area (Å²) in [6.07, 6.45) is 3.72. The zero-order chi connectivity index (χ0) is 28.2. The topological polar surface area (TPSA) is 109 Å². The normalized spacial score (nSPS) is 20.8. The molecule has 2 aliphatic rings. The minimum Gasteiger partial charge on any atom is -0.492 e. The summed E-state index contributed by atoms with van der Waals surface area (Å²) in [5, 5.41) is 9.85. The molecule has 3 N–H and O–H groups in total. The van der Waals surface area contributed by atoms with Crippen molar-refractivity contribution in [2.24, 2.45) is 11.7 Å². The molecule has 1 aromatic heterocycles. The number of hydrogen-bond acceptors (Lipinski definition) is 6. The van der Waals surface area contributed by atoms with Gasteiger partial charge in [0.05, 0.1) is 30.2 Å². The van der Waals surface area contributed by atoms with Crippen LogP contribution in [0.3, 0.4) is 0 Å². The van der Waals surface area contributed by atoms with Crippen molar-refractivity contribution in [3.05, 3.63) is 47.9 Å². The van der Waals surface area contributed by atoms with E-state index in [2.05, 4.69) is 9.88 Å². The van der Waals surface area contributed by atoms with Crippen molar-refractivity contribution >= 4 is 11.8 Å². The zero-order valence-corrected chi connectivity index (χ0v) is 22.6. The average molecular weight is 545 g/mol. The standard InChI is InChI=1S/C29H38F2N4O4/c1-3-29(31,4-2)18-34-11-9-19(10-12-34)17-39-22-6-8-25(33-15-22)20-5-7-23(24(30)13-20)28(38)35-16-21(36)14-26(35)27(32)37/h5-8,13,15,19,21,26,36H,3-4,9-12,14,16-18H2,1-2H3,(H2,32,37)/t21-,26+/m1/s1. The van der Waals surface area contributed by atoms with Crippen LogP contribution < -0.4 is 10.5 Å². The van der Waals surface area contributed by atoms with Crippen LogP contribution >= 0.6 is 0 Å². The highest BCUT2D eigenvalue weighted by Gasteiger charge is 2.39. The lowest BCUT2D eigenvalue weighted by Gasteiger charge is -2.36. The Morgan fingerprint density at radius 1 is 1.18 bits per heavy atom. The van der Waals surface area contributed by atoms with Crippen LogP contribution in [0.4, 0.5) is 8.78 Å². The molecule has 3 heterocycles. The highest BCUT2D eigenvalue weighted by molar-refractivity contribution is 5.98. The largest absolute Gasteiger partial charge is 0.492 e. The second kappa shape index (κ2) is 12.4. The molecule has 212 valence electrons. The molecule has 2 saturated heterocycles.